The van der Waals surface area contributed by atoms with Gasteiger partial charge in [-0.2, -0.15) is 5.26 Å². The predicted octanol–water partition coefficient (Wildman–Crippen LogP) is 4.18. The van der Waals surface area contributed by atoms with Crippen LogP contribution in [0.5, 0.6) is 5.75 Å². The Balaban J connectivity index is 1.71. The van der Waals surface area contributed by atoms with E-state index in [9.17, 15) is 0 Å². The number of thioether (sulfide) groups is 1. The van der Waals surface area contributed by atoms with E-state index in [1.807, 2.05) is 30.0 Å². The third-order valence-corrected chi connectivity index (χ3v) is 4.51. The molecule has 0 bridgehead atoms. The highest BCUT2D eigenvalue weighted by Crippen LogP contribution is 2.24. The summed E-state index contributed by atoms with van der Waals surface area (Å²) in [6.45, 7) is 0.650. The van der Waals surface area contributed by atoms with Crippen molar-refractivity contribution in [1.82, 2.24) is 0 Å². The van der Waals surface area contributed by atoms with Gasteiger partial charge in [-0.1, -0.05) is 18.2 Å². The van der Waals surface area contributed by atoms with Crippen molar-refractivity contribution < 1.29 is 4.74 Å². The molecule has 0 amide bonds. The average Bonchev–Trinajstić information content (AvgIpc) is 2.92. The highest BCUT2D eigenvalue weighted by molar-refractivity contribution is 8.01. The molecule has 0 aliphatic heterocycles. The molecule has 0 radical (unpaired) electrons. The van der Waals surface area contributed by atoms with Crippen molar-refractivity contribution in [3.63, 3.8) is 0 Å². The normalized spacial score (nSPS) is 9.94. The lowest BCUT2D eigenvalue weighted by Crippen LogP contribution is -2.00. The standard InChI is InChI=1S/C14H13NOS2/c15-11-12-5-1-2-6-13(12)16-8-4-10-18-14-7-3-9-17-14/h1-3,5-7,9H,4,8,10H2. The number of nitrogens with zero attached hydrogens (tertiary/aromatic N) is 1. The van der Waals surface area contributed by atoms with E-state index in [4.69, 9.17) is 10.00 Å². The van der Waals surface area contributed by atoms with E-state index >= 15 is 0 Å². The molecule has 2 nitrogen and oxygen atoms in total. The minimum atomic E-state index is 0.600. The zero-order valence-electron chi connectivity index (χ0n) is 9.83. The first-order valence-electron chi connectivity index (χ1n) is 5.68. The van der Waals surface area contributed by atoms with Gasteiger partial charge in [0.25, 0.3) is 0 Å². The van der Waals surface area contributed by atoms with Crippen molar-refractivity contribution in [3.05, 3.63) is 47.3 Å². The minimum Gasteiger partial charge on any atom is -0.492 e. The maximum absolute atomic E-state index is 8.91. The molecule has 0 unspecified atom stereocenters. The first-order chi connectivity index (χ1) is 8.90. The molecule has 1 aromatic carbocycles. The summed E-state index contributed by atoms with van der Waals surface area (Å²) in [7, 11) is 0. The lowest BCUT2D eigenvalue weighted by molar-refractivity contribution is 0.318. The van der Waals surface area contributed by atoms with E-state index in [1.54, 1.807) is 17.4 Å². The Hall–Kier alpha value is -1.44. The molecule has 2 aromatic rings. The summed E-state index contributed by atoms with van der Waals surface area (Å²) < 4.78 is 6.96. The van der Waals surface area contributed by atoms with Crippen LogP contribution in [0, 0.1) is 11.3 Å². The Morgan fingerprint density at radius 1 is 1.22 bits per heavy atom. The number of rotatable bonds is 6. The second-order valence-electron chi connectivity index (χ2n) is 3.59. The van der Waals surface area contributed by atoms with E-state index in [0.29, 0.717) is 17.9 Å². The maximum atomic E-state index is 8.91. The first-order valence-corrected chi connectivity index (χ1v) is 7.55. The molecule has 0 atom stereocenters. The number of thiophene rings is 1. The maximum Gasteiger partial charge on any atom is 0.137 e. The monoisotopic (exact) mass is 275 g/mol. The highest BCUT2D eigenvalue weighted by atomic mass is 32.2. The van der Waals surface area contributed by atoms with Crippen LogP contribution in [0.4, 0.5) is 0 Å². The molecular weight excluding hydrogens is 262 g/mol. The smallest absolute Gasteiger partial charge is 0.137 e. The van der Waals surface area contributed by atoms with Gasteiger partial charge in [0, 0.05) is 5.75 Å². The Labute approximate surface area is 115 Å². The van der Waals surface area contributed by atoms with Crippen LogP contribution in [-0.2, 0) is 0 Å². The van der Waals surface area contributed by atoms with Gasteiger partial charge in [0.15, 0.2) is 0 Å². The van der Waals surface area contributed by atoms with E-state index in [-0.39, 0.29) is 0 Å². The van der Waals surface area contributed by atoms with Gasteiger partial charge >= 0.3 is 0 Å². The van der Waals surface area contributed by atoms with Gasteiger partial charge in [0.1, 0.15) is 11.8 Å². The SMILES string of the molecule is N#Cc1ccccc1OCCCSc1cccs1. The van der Waals surface area contributed by atoms with Crippen LogP contribution in [0.15, 0.2) is 46.0 Å². The molecule has 0 saturated carbocycles. The van der Waals surface area contributed by atoms with Crippen LogP contribution in [-0.4, -0.2) is 12.4 Å². The summed E-state index contributed by atoms with van der Waals surface area (Å²) in [4.78, 5) is 0. The number of benzene rings is 1. The Kier molecular flexibility index (Phi) is 5.13. The van der Waals surface area contributed by atoms with Crippen LogP contribution in [0.2, 0.25) is 0 Å². The summed E-state index contributed by atoms with van der Waals surface area (Å²) in [5.74, 6) is 1.72. The molecule has 0 saturated heterocycles. The second-order valence-corrected chi connectivity index (χ2v) is 5.93. The number of nitriles is 1. The van der Waals surface area contributed by atoms with Crippen molar-refractivity contribution in [3.8, 4) is 11.8 Å². The molecule has 4 heteroatoms. The molecule has 0 aliphatic rings. The van der Waals surface area contributed by atoms with Gasteiger partial charge in [-0.05, 0) is 30.0 Å². The zero-order chi connectivity index (χ0) is 12.6. The van der Waals surface area contributed by atoms with Gasteiger partial charge in [-0.25, -0.2) is 0 Å². The summed E-state index contributed by atoms with van der Waals surface area (Å²) in [6, 6.07) is 13.7. The molecule has 92 valence electrons. The minimum absolute atomic E-state index is 0.600. The zero-order valence-corrected chi connectivity index (χ0v) is 11.5. The second kappa shape index (κ2) is 7.10. The molecule has 0 spiro atoms. The number of para-hydroxylation sites is 1. The third kappa shape index (κ3) is 3.80. The van der Waals surface area contributed by atoms with Crippen molar-refractivity contribution in [2.24, 2.45) is 0 Å². The topological polar surface area (TPSA) is 33.0 Å². The summed E-state index contributed by atoms with van der Waals surface area (Å²) in [5, 5.41) is 11.0. The summed E-state index contributed by atoms with van der Waals surface area (Å²) >= 11 is 3.61. The number of hydrogen-bond acceptors (Lipinski definition) is 4. The Morgan fingerprint density at radius 2 is 2.11 bits per heavy atom. The Bertz CT molecular complexity index is 517. The van der Waals surface area contributed by atoms with Crippen molar-refractivity contribution in [2.75, 3.05) is 12.4 Å². The average molecular weight is 275 g/mol. The van der Waals surface area contributed by atoms with Crippen LogP contribution in [0.3, 0.4) is 0 Å². The molecule has 18 heavy (non-hydrogen) atoms. The fraction of sp³-hybridized carbons (Fsp3) is 0.214. The van der Waals surface area contributed by atoms with Gasteiger partial charge < -0.3 is 4.74 Å². The molecule has 1 aromatic heterocycles. The largest absolute Gasteiger partial charge is 0.492 e. The van der Waals surface area contributed by atoms with Gasteiger partial charge in [0.05, 0.1) is 16.4 Å². The van der Waals surface area contributed by atoms with E-state index in [1.165, 1.54) is 4.21 Å². The summed E-state index contributed by atoms with van der Waals surface area (Å²) in [6.07, 6.45) is 0.975. The fourth-order valence-electron chi connectivity index (χ4n) is 1.44. The highest BCUT2D eigenvalue weighted by Gasteiger charge is 2.01. The molecule has 0 fully saturated rings. The lowest BCUT2D eigenvalue weighted by atomic mass is 10.2. The van der Waals surface area contributed by atoms with Crippen molar-refractivity contribution >= 4 is 23.1 Å². The molecule has 0 aliphatic carbocycles. The molecule has 2 rings (SSSR count). The predicted molar refractivity (Wildman–Crippen MR) is 76.3 cm³/mol. The number of hydrogen-bond donors (Lipinski definition) is 0. The third-order valence-electron chi connectivity index (χ3n) is 2.29. The number of ether oxygens (including phenoxy) is 1. The Morgan fingerprint density at radius 3 is 2.89 bits per heavy atom. The van der Waals surface area contributed by atoms with Crippen LogP contribution >= 0.6 is 23.1 Å². The fourth-order valence-corrected chi connectivity index (χ4v) is 3.22. The van der Waals surface area contributed by atoms with E-state index in [0.717, 1.165) is 12.2 Å². The van der Waals surface area contributed by atoms with Crippen molar-refractivity contribution in [2.45, 2.75) is 10.6 Å². The molecule has 0 N–H and O–H groups in total. The van der Waals surface area contributed by atoms with E-state index < -0.39 is 0 Å². The molecule has 1 heterocycles. The van der Waals surface area contributed by atoms with E-state index in [2.05, 4.69) is 23.6 Å². The van der Waals surface area contributed by atoms with Crippen molar-refractivity contribution in [1.29, 1.82) is 5.26 Å². The van der Waals surface area contributed by atoms with Crippen LogP contribution in [0.25, 0.3) is 0 Å². The molecular formula is C14H13NOS2. The van der Waals surface area contributed by atoms with Gasteiger partial charge in [0.2, 0.25) is 0 Å². The summed E-state index contributed by atoms with van der Waals surface area (Å²) in [5.41, 5.74) is 0.600. The quantitative estimate of drug-likeness (QED) is 0.585. The first kappa shape index (κ1) is 13.0. The lowest BCUT2D eigenvalue weighted by Gasteiger charge is -2.06. The van der Waals surface area contributed by atoms with Crippen LogP contribution < -0.4 is 4.74 Å². The van der Waals surface area contributed by atoms with Crippen LogP contribution in [0.1, 0.15) is 12.0 Å². The van der Waals surface area contributed by atoms with Gasteiger partial charge in [-0.15, -0.1) is 23.1 Å². The van der Waals surface area contributed by atoms with Gasteiger partial charge in [-0.3, -0.25) is 0 Å².